The van der Waals surface area contributed by atoms with Crippen LogP contribution in [-0.4, -0.2) is 77.5 Å². The fourth-order valence-electron chi connectivity index (χ4n) is 3.86. The fourth-order valence-corrected chi connectivity index (χ4v) is 4.05. The molecule has 1 saturated heterocycles. The Morgan fingerprint density at radius 2 is 2.14 bits per heavy atom. The van der Waals surface area contributed by atoms with Crippen molar-refractivity contribution in [2.45, 2.75) is 0 Å². The van der Waals surface area contributed by atoms with E-state index >= 15 is 0 Å². The first-order chi connectivity index (χ1) is 17.6. The highest BCUT2D eigenvalue weighted by atomic mass is 35.5. The molecule has 4 heterocycles. The van der Waals surface area contributed by atoms with Gasteiger partial charge < -0.3 is 25.8 Å². The number of fused-ring (bicyclic) bond motifs is 1. The molecule has 11 heteroatoms. The maximum atomic E-state index is 6.46. The Hall–Kier alpha value is -3.44. The summed E-state index contributed by atoms with van der Waals surface area (Å²) in [5.74, 6) is 0.836. The quantitative estimate of drug-likeness (QED) is 0.203. The van der Waals surface area contributed by atoms with Crippen LogP contribution in [-0.2, 0) is 9.47 Å². The minimum Gasteiger partial charge on any atom is -0.495 e. The summed E-state index contributed by atoms with van der Waals surface area (Å²) in [5.41, 5.74) is 9.76. The van der Waals surface area contributed by atoms with Gasteiger partial charge in [0.1, 0.15) is 5.76 Å². The van der Waals surface area contributed by atoms with Gasteiger partial charge in [-0.3, -0.25) is 4.90 Å². The van der Waals surface area contributed by atoms with Crippen molar-refractivity contribution in [3.8, 4) is 11.3 Å². The number of pyridine rings is 1. The van der Waals surface area contributed by atoms with Crippen LogP contribution < -0.4 is 16.4 Å². The molecule has 4 N–H and O–H groups in total. The number of nitrogens with one attached hydrogen (secondary N) is 2. The zero-order valence-corrected chi connectivity index (χ0v) is 21.0. The van der Waals surface area contributed by atoms with Gasteiger partial charge in [-0.2, -0.15) is 5.10 Å². The Balaban J connectivity index is 1.49. The van der Waals surface area contributed by atoms with Crippen molar-refractivity contribution >= 4 is 23.1 Å². The highest BCUT2D eigenvalue weighted by molar-refractivity contribution is 6.33. The van der Waals surface area contributed by atoms with Gasteiger partial charge >= 0.3 is 0 Å². The largest absolute Gasteiger partial charge is 0.495 e. The Bertz CT molecular complexity index is 1250. The van der Waals surface area contributed by atoms with Crippen LogP contribution >= 0.6 is 11.6 Å². The minimum absolute atomic E-state index is 0.334. The summed E-state index contributed by atoms with van der Waals surface area (Å²) in [7, 11) is 1.57. The lowest BCUT2D eigenvalue weighted by Crippen LogP contribution is -2.40. The van der Waals surface area contributed by atoms with Gasteiger partial charge in [0.05, 0.1) is 54.6 Å². The molecule has 1 aliphatic rings. The summed E-state index contributed by atoms with van der Waals surface area (Å²) in [6.45, 7) is 9.60. The summed E-state index contributed by atoms with van der Waals surface area (Å²) in [5, 5.41) is 11.4. The standard InChI is InChI=1S/C25H31ClN8O2/c1-3-23(35-2)21(14-18(27)15-28-7-9-33-10-12-36-13-11-33)31-25-29-17-20(26)24(32-25)19-16-30-34-8-5-4-6-22(19)34/h3-6,8,14,16-17,28H,1,7,9-13,15,27H2,2H3,(H,29,31,32)/b18-14+,23-21-. The second-order valence-electron chi connectivity index (χ2n) is 8.14. The molecule has 0 unspecified atom stereocenters. The number of nitrogens with zero attached hydrogens (tertiary/aromatic N) is 5. The van der Waals surface area contributed by atoms with Gasteiger partial charge in [0.2, 0.25) is 5.95 Å². The number of ether oxygens (including phenoxy) is 2. The number of allylic oxidation sites excluding steroid dienone is 2. The minimum atomic E-state index is 0.334. The van der Waals surface area contributed by atoms with Crippen molar-refractivity contribution in [1.82, 2.24) is 29.8 Å². The molecule has 0 saturated carbocycles. The first-order valence-corrected chi connectivity index (χ1v) is 12.1. The lowest BCUT2D eigenvalue weighted by atomic mass is 10.2. The van der Waals surface area contributed by atoms with Crippen LogP contribution in [0.15, 0.2) is 72.7 Å². The molecule has 0 spiro atoms. The number of rotatable bonds is 11. The predicted molar refractivity (Wildman–Crippen MR) is 141 cm³/mol. The second kappa shape index (κ2) is 12.5. The van der Waals surface area contributed by atoms with Crippen molar-refractivity contribution in [2.75, 3.05) is 58.4 Å². The molecule has 3 aromatic rings. The van der Waals surface area contributed by atoms with E-state index in [0.717, 1.165) is 50.5 Å². The van der Waals surface area contributed by atoms with E-state index in [1.807, 2.05) is 24.4 Å². The maximum Gasteiger partial charge on any atom is 0.227 e. The van der Waals surface area contributed by atoms with Gasteiger partial charge in [-0.1, -0.05) is 24.2 Å². The van der Waals surface area contributed by atoms with E-state index in [2.05, 4.69) is 37.2 Å². The molecular formula is C25H31ClN8O2. The first kappa shape index (κ1) is 25.6. The number of anilines is 1. The van der Waals surface area contributed by atoms with Gasteiger partial charge in [-0.05, 0) is 24.3 Å². The number of aromatic nitrogens is 4. The zero-order valence-electron chi connectivity index (χ0n) is 20.3. The summed E-state index contributed by atoms with van der Waals surface area (Å²) < 4.78 is 12.6. The molecular weight excluding hydrogens is 480 g/mol. The lowest BCUT2D eigenvalue weighted by Gasteiger charge is -2.26. The molecule has 4 rings (SSSR count). The topological polar surface area (TPSA) is 115 Å². The molecule has 10 nitrogen and oxygen atoms in total. The third-order valence-electron chi connectivity index (χ3n) is 5.71. The van der Waals surface area contributed by atoms with Crippen molar-refractivity contribution < 1.29 is 9.47 Å². The fraction of sp³-hybridized carbons (Fsp3) is 0.320. The van der Waals surface area contributed by atoms with Gasteiger partial charge in [-0.25, -0.2) is 14.5 Å². The molecule has 0 bridgehead atoms. The zero-order chi connectivity index (χ0) is 25.3. The van der Waals surface area contributed by atoms with Crippen LogP contribution in [0.2, 0.25) is 5.02 Å². The van der Waals surface area contributed by atoms with E-state index in [1.165, 1.54) is 0 Å². The number of morpholine rings is 1. The highest BCUT2D eigenvalue weighted by Crippen LogP contribution is 2.30. The summed E-state index contributed by atoms with van der Waals surface area (Å²) in [6, 6.07) is 5.80. The number of hydrogen-bond acceptors (Lipinski definition) is 9. The molecule has 0 atom stereocenters. The second-order valence-corrected chi connectivity index (χ2v) is 8.55. The summed E-state index contributed by atoms with van der Waals surface area (Å²) in [6.07, 6.45) is 8.53. The van der Waals surface area contributed by atoms with E-state index in [-0.39, 0.29) is 0 Å². The average molecular weight is 511 g/mol. The summed E-state index contributed by atoms with van der Waals surface area (Å²) >= 11 is 6.46. The van der Waals surface area contributed by atoms with Gasteiger partial charge in [0.15, 0.2) is 0 Å². The van der Waals surface area contributed by atoms with Crippen molar-refractivity contribution in [3.05, 3.63) is 77.7 Å². The number of nitrogens with two attached hydrogens (primary N) is 1. The number of halogens is 1. The molecule has 0 amide bonds. The Morgan fingerprint density at radius 1 is 1.31 bits per heavy atom. The molecule has 36 heavy (non-hydrogen) atoms. The van der Waals surface area contributed by atoms with Crippen LogP contribution in [0, 0.1) is 0 Å². The molecule has 1 fully saturated rings. The smallest absolute Gasteiger partial charge is 0.227 e. The predicted octanol–water partition coefficient (Wildman–Crippen LogP) is 2.67. The van der Waals surface area contributed by atoms with Gasteiger partial charge in [0.25, 0.3) is 0 Å². The van der Waals surface area contributed by atoms with Crippen LogP contribution in [0.4, 0.5) is 5.95 Å². The van der Waals surface area contributed by atoms with Crippen molar-refractivity contribution in [3.63, 3.8) is 0 Å². The average Bonchev–Trinajstić information content (AvgIpc) is 3.33. The number of methoxy groups -OCH3 is 1. The molecule has 0 radical (unpaired) electrons. The van der Waals surface area contributed by atoms with Crippen molar-refractivity contribution in [2.24, 2.45) is 5.73 Å². The summed E-state index contributed by atoms with van der Waals surface area (Å²) in [4.78, 5) is 11.4. The third-order valence-corrected chi connectivity index (χ3v) is 5.99. The van der Waals surface area contributed by atoms with Crippen LogP contribution in [0.1, 0.15) is 0 Å². The van der Waals surface area contributed by atoms with Crippen LogP contribution in [0.5, 0.6) is 0 Å². The van der Waals surface area contributed by atoms with E-state index in [1.54, 1.807) is 36.2 Å². The van der Waals surface area contributed by atoms with Gasteiger partial charge in [0, 0.05) is 50.2 Å². The normalized spacial score (nSPS) is 15.6. The number of hydrogen-bond donors (Lipinski definition) is 3. The van der Waals surface area contributed by atoms with E-state index in [9.17, 15) is 0 Å². The molecule has 1 aliphatic heterocycles. The highest BCUT2D eigenvalue weighted by Gasteiger charge is 2.15. The molecule has 190 valence electrons. The van der Waals surface area contributed by atoms with E-state index < -0.39 is 0 Å². The Morgan fingerprint density at radius 3 is 2.92 bits per heavy atom. The SMILES string of the molecule is C=C/C(OC)=C(\C=C(\N)CNCCN1CCOCC1)Nc1ncc(Cl)c(-c2cnn3ccccc23)n1. The maximum absolute atomic E-state index is 6.46. The molecule has 0 aromatic carbocycles. The van der Waals surface area contributed by atoms with Crippen LogP contribution in [0.25, 0.3) is 16.8 Å². The molecule has 0 aliphatic carbocycles. The molecule has 3 aromatic heterocycles. The monoisotopic (exact) mass is 510 g/mol. The van der Waals surface area contributed by atoms with Crippen molar-refractivity contribution in [1.29, 1.82) is 0 Å². The van der Waals surface area contributed by atoms with Gasteiger partial charge in [-0.15, -0.1) is 0 Å². The Kier molecular flexibility index (Phi) is 8.90. The van der Waals surface area contributed by atoms with E-state index in [4.69, 9.17) is 26.8 Å². The first-order valence-electron chi connectivity index (χ1n) is 11.7. The van der Waals surface area contributed by atoms with E-state index in [0.29, 0.717) is 40.4 Å². The Labute approximate surface area is 215 Å². The van der Waals surface area contributed by atoms with Crippen LogP contribution in [0.3, 0.4) is 0 Å². The third kappa shape index (κ3) is 6.41. The lowest BCUT2D eigenvalue weighted by molar-refractivity contribution is 0.0385.